The maximum atomic E-state index is 11.8. The summed E-state index contributed by atoms with van der Waals surface area (Å²) < 4.78 is 10.4. The zero-order valence-corrected chi connectivity index (χ0v) is 13.4. The normalized spacial score (nSPS) is 10.6. The molecule has 0 atom stereocenters. The van der Waals surface area contributed by atoms with Crippen molar-refractivity contribution in [3.63, 3.8) is 0 Å². The Bertz CT molecular complexity index is 760. The summed E-state index contributed by atoms with van der Waals surface area (Å²) in [5.41, 5.74) is 4.53. The highest BCUT2D eigenvalue weighted by molar-refractivity contribution is 5.99. The zero-order valence-electron chi connectivity index (χ0n) is 13.4. The highest BCUT2D eigenvalue weighted by Crippen LogP contribution is 2.12. The van der Waals surface area contributed by atoms with Crippen LogP contribution in [0.5, 0.6) is 11.5 Å². The van der Waals surface area contributed by atoms with Gasteiger partial charge in [-0.05, 0) is 61.0 Å². The lowest BCUT2D eigenvalue weighted by Crippen LogP contribution is -2.25. The molecule has 122 valence electrons. The Morgan fingerprint density at radius 1 is 1.12 bits per heavy atom. The minimum absolute atomic E-state index is 0.161. The number of methoxy groups -OCH3 is 1. The van der Waals surface area contributed by atoms with E-state index >= 15 is 0 Å². The topological polar surface area (TPSA) is 83.7 Å². The van der Waals surface area contributed by atoms with Crippen LogP contribution in [0.1, 0.15) is 18.1 Å². The van der Waals surface area contributed by atoms with Gasteiger partial charge in [0, 0.05) is 0 Å². The summed E-state index contributed by atoms with van der Waals surface area (Å²) in [4.78, 5) is 11.8. The summed E-state index contributed by atoms with van der Waals surface area (Å²) >= 11 is 0. The molecule has 0 aliphatic carbocycles. The molecule has 0 saturated heterocycles. The molecular weight excluding hydrogens is 306 g/mol. The lowest BCUT2D eigenvalue weighted by Gasteiger charge is -2.06. The van der Waals surface area contributed by atoms with Crippen LogP contribution in [0.15, 0.2) is 53.6 Å². The lowest BCUT2D eigenvalue weighted by molar-refractivity contribution is -0.123. The van der Waals surface area contributed by atoms with Crippen molar-refractivity contribution >= 4 is 11.6 Å². The second-order valence-corrected chi connectivity index (χ2v) is 4.89. The molecule has 0 saturated carbocycles. The molecule has 24 heavy (non-hydrogen) atoms. The molecule has 0 aliphatic heterocycles. The van der Waals surface area contributed by atoms with Gasteiger partial charge in [-0.15, -0.1) is 0 Å². The first-order chi connectivity index (χ1) is 11.6. The van der Waals surface area contributed by atoms with Gasteiger partial charge in [0.25, 0.3) is 5.91 Å². The van der Waals surface area contributed by atoms with Gasteiger partial charge in [-0.25, -0.2) is 5.43 Å². The van der Waals surface area contributed by atoms with Gasteiger partial charge in [0.2, 0.25) is 0 Å². The van der Waals surface area contributed by atoms with Crippen LogP contribution in [0.4, 0.5) is 0 Å². The number of amides is 1. The number of carbonyl (C=O) groups excluding carboxylic acids is 1. The second-order valence-electron chi connectivity index (χ2n) is 4.89. The lowest BCUT2D eigenvalue weighted by atomic mass is 10.1. The van der Waals surface area contributed by atoms with E-state index in [1.54, 1.807) is 38.3 Å². The van der Waals surface area contributed by atoms with E-state index < -0.39 is 0 Å². The number of hydrogen-bond acceptors (Lipinski definition) is 5. The van der Waals surface area contributed by atoms with Crippen molar-refractivity contribution in [2.24, 2.45) is 5.10 Å². The minimum atomic E-state index is -0.368. The monoisotopic (exact) mass is 323 g/mol. The van der Waals surface area contributed by atoms with E-state index in [4.69, 9.17) is 14.7 Å². The highest BCUT2D eigenvalue weighted by Gasteiger charge is 2.03. The Morgan fingerprint density at radius 2 is 1.75 bits per heavy atom. The van der Waals surface area contributed by atoms with E-state index in [9.17, 15) is 4.79 Å². The highest BCUT2D eigenvalue weighted by atomic mass is 16.5. The molecule has 1 amide bonds. The second kappa shape index (κ2) is 8.34. The molecule has 2 aromatic rings. The number of nitrogens with one attached hydrogen (secondary N) is 1. The molecule has 0 aromatic heterocycles. The number of rotatable bonds is 6. The number of ether oxygens (including phenoxy) is 2. The molecule has 0 radical (unpaired) electrons. The van der Waals surface area contributed by atoms with Crippen molar-refractivity contribution in [2.75, 3.05) is 13.7 Å². The molecule has 0 unspecified atom stereocenters. The third-order valence-corrected chi connectivity index (χ3v) is 3.21. The van der Waals surface area contributed by atoms with Crippen LogP contribution in [0, 0.1) is 11.3 Å². The van der Waals surface area contributed by atoms with Crippen LogP contribution in [-0.4, -0.2) is 25.3 Å². The number of hydrazone groups is 1. The molecule has 1 N–H and O–H groups in total. The minimum Gasteiger partial charge on any atom is -0.497 e. The summed E-state index contributed by atoms with van der Waals surface area (Å²) in [6, 6.07) is 15.9. The van der Waals surface area contributed by atoms with Gasteiger partial charge in [0.1, 0.15) is 11.5 Å². The number of carbonyl (C=O) groups is 1. The Balaban J connectivity index is 1.85. The molecule has 2 rings (SSSR count). The summed E-state index contributed by atoms with van der Waals surface area (Å²) in [5.74, 6) is 0.902. The summed E-state index contributed by atoms with van der Waals surface area (Å²) in [6.07, 6.45) is 0. The number of benzene rings is 2. The number of hydrogen-bond donors (Lipinski definition) is 1. The fourth-order valence-corrected chi connectivity index (χ4v) is 1.85. The van der Waals surface area contributed by atoms with Gasteiger partial charge in [0.05, 0.1) is 24.5 Å². The van der Waals surface area contributed by atoms with E-state index in [-0.39, 0.29) is 12.5 Å². The fourth-order valence-electron chi connectivity index (χ4n) is 1.85. The molecule has 6 heteroatoms. The Morgan fingerprint density at radius 3 is 2.33 bits per heavy atom. The van der Waals surface area contributed by atoms with Gasteiger partial charge < -0.3 is 9.47 Å². The number of nitriles is 1. The molecule has 0 aliphatic rings. The smallest absolute Gasteiger partial charge is 0.277 e. The number of nitrogens with zero attached hydrogens (tertiary/aromatic N) is 2. The predicted molar refractivity (Wildman–Crippen MR) is 90.0 cm³/mol. The van der Waals surface area contributed by atoms with Gasteiger partial charge >= 0.3 is 0 Å². The van der Waals surface area contributed by atoms with Gasteiger partial charge in [-0.1, -0.05) is 0 Å². The maximum absolute atomic E-state index is 11.8. The van der Waals surface area contributed by atoms with Gasteiger partial charge in [-0.2, -0.15) is 10.4 Å². The van der Waals surface area contributed by atoms with Gasteiger partial charge in [0.15, 0.2) is 6.61 Å². The van der Waals surface area contributed by atoms with Crippen LogP contribution < -0.4 is 14.9 Å². The van der Waals surface area contributed by atoms with Crippen molar-refractivity contribution < 1.29 is 14.3 Å². The standard InChI is InChI=1S/C18H17N3O3/c1-13(15-5-9-16(23-2)10-6-15)20-21-18(22)12-24-17-7-3-14(11-19)4-8-17/h3-10H,12H2,1-2H3,(H,21,22)/b20-13-. The molecular formula is C18H17N3O3. The summed E-state index contributed by atoms with van der Waals surface area (Å²) in [7, 11) is 1.60. The van der Waals surface area contributed by atoms with Crippen molar-refractivity contribution in [3.05, 3.63) is 59.7 Å². The molecule has 0 fully saturated rings. The van der Waals surface area contributed by atoms with Crippen molar-refractivity contribution in [3.8, 4) is 17.6 Å². The van der Waals surface area contributed by atoms with Crippen molar-refractivity contribution in [1.29, 1.82) is 5.26 Å². The van der Waals surface area contributed by atoms with Crippen LogP contribution in [0.2, 0.25) is 0 Å². The van der Waals surface area contributed by atoms with Crippen LogP contribution >= 0.6 is 0 Å². The summed E-state index contributed by atoms with van der Waals surface area (Å²) in [5, 5.41) is 12.8. The van der Waals surface area contributed by atoms with E-state index in [1.165, 1.54) is 0 Å². The molecule has 0 bridgehead atoms. The zero-order chi connectivity index (χ0) is 17.4. The third kappa shape index (κ3) is 4.85. The van der Waals surface area contributed by atoms with E-state index in [2.05, 4.69) is 10.5 Å². The fraction of sp³-hybridized carbons (Fsp3) is 0.167. The van der Waals surface area contributed by atoms with Crippen LogP contribution in [0.25, 0.3) is 0 Å². The quantitative estimate of drug-likeness (QED) is 0.654. The Kier molecular flexibility index (Phi) is 5.92. The molecule has 0 heterocycles. The molecule has 0 spiro atoms. The van der Waals surface area contributed by atoms with Crippen molar-refractivity contribution in [2.45, 2.75) is 6.92 Å². The van der Waals surface area contributed by atoms with E-state index in [1.807, 2.05) is 30.3 Å². The van der Waals surface area contributed by atoms with E-state index in [0.717, 1.165) is 11.3 Å². The third-order valence-electron chi connectivity index (χ3n) is 3.21. The molecule has 2 aromatic carbocycles. The van der Waals surface area contributed by atoms with Gasteiger partial charge in [-0.3, -0.25) is 4.79 Å². The largest absolute Gasteiger partial charge is 0.497 e. The Hall–Kier alpha value is -3.33. The Labute approximate surface area is 140 Å². The average molecular weight is 323 g/mol. The molecule has 6 nitrogen and oxygen atoms in total. The SMILES string of the molecule is COc1ccc(/C(C)=N\NC(=O)COc2ccc(C#N)cc2)cc1. The van der Waals surface area contributed by atoms with Crippen LogP contribution in [0.3, 0.4) is 0 Å². The van der Waals surface area contributed by atoms with Crippen LogP contribution in [-0.2, 0) is 4.79 Å². The van der Waals surface area contributed by atoms with Crippen molar-refractivity contribution in [1.82, 2.24) is 5.43 Å². The first-order valence-corrected chi connectivity index (χ1v) is 7.23. The summed E-state index contributed by atoms with van der Waals surface area (Å²) in [6.45, 7) is 1.63. The average Bonchev–Trinajstić information content (AvgIpc) is 2.64. The predicted octanol–water partition coefficient (Wildman–Crippen LogP) is 2.49. The maximum Gasteiger partial charge on any atom is 0.277 e. The first kappa shape index (κ1) is 17.0. The first-order valence-electron chi connectivity index (χ1n) is 7.23. The van der Waals surface area contributed by atoms with E-state index in [0.29, 0.717) is 17.0 Å².